The molecule has 0 saturated heterocycles. The smallest absolute Gasteiger partial charge is 0.233 e. The van der Waals surface area contributed by atoms with Gasteiger partial charge in [-0.3, -0.25) is 5.21 Å². The first kappa shape index (κ1) is 12.4. The van der Waals surface area contributed by atoms with Gasteiger partial charge in [0.05, 0.1) is 0 Å². The second-order valence-electron chi connectivity index (χ2n) is 2.63. The molecule has 0 aliphatic heterocycles. The molecular weight excluding hydrogens is 380 g/mol. The van der Waals surface area contributed by atoms with Gasteiger partial charge in [0.15, 0.2) is 0 Å². The zero-order chi connectivity index (χ0) is 9.72. The number of aryl methyl sites for hydroxylation is 2. The maximum atomic E-state index is 9.20. The van der Waals surface area contributed by atoms with Crippen molar-refractivity contribution in [3.63, 3.8) is 0 Å². The number of halogens is 2. The summed E-state index contributed by atoms with van der Waals surface area (Å²) in [6, 6.07) is 2.04. The summed E-state index contributed by atoms with van der Waals surface area (Å²) >= 11 is 4.24. The lowest BCUT2D eigenvalue weighted by Crippen LogP contribution is -2.34. The molecule has 1 rings (SSSR count). The summed E-state index contributed by atoms with van der Waals surface area (Å²) in [5, 5.41) is 9.20. The molecule has 0 unspecified atom stereocenters. The predicted octanol–water partition coefficient (Wildman–Crippen LogP) is 2.91. The molecule has 1 aromatic heterocycles. The molecule has 1 N–H and O–H groups in total. The van der Waals surface area contributed by atoms with Gasteiger partial charge >= 0.3 is 0 Å². The van der Waals surface area contributed by atoms with Gasteiger partial charge in [-0.05, 0) is 19.9 Å². The van der Waals surface area contributed by atoms with E-state index < -0.39 is 0 Å². The summed E-state index contributed by atoms with van der Waals surface area (Å²) in [7, 11) is 0. The van der Waals surface area contributed by atoms with Crippen LogP contribution in [0, 0.1) is 20.8 Å². The topological polar surface area (TPSA) is 24.1 Å². The van der Waals surface area contributed by atoms with Gasteiger partial charge in [-0.1, -0.05) is 0 Å². The summed E-state index contributed by atoms with van der Waals surface area (Å²) in [6.45, 7) is 5.82. The Bertz CT molecular complexity index is 240. The molecular formula is C8H12I2NO+. The fourth-order valence-corrected chi connectivity index (χ4v) is 0.954. The minimum Gasteiger partial charge on any atom is -0.285 e. The van der Waals surface area contributed by atoms with E-state index in [-0.39, 0.29) is 0 Å². The number of nitrogens with zero attached hydrogens (tertiary/aromatic N) is 1. The molecule has 1 heterocycles. The number of hydrogen-bond acceptors (Lipinski definition) is 1. The first-order valence-electron chi connectivity index (χ1n) is 3.44. The van der Waals surface area contributed by atoms with E-state index >= 15 is 0 Å². The number of pyridine rings is 1. The third-order valence-electron chi connectivity index (χ3n) is 1.68. The fraction of sp³-hybridized carbons (Fsp3) is 0.375. The van der Waals surface area contributed by atoms with Crippen LogP contribution >= 0.6 is 37.2 Å². The summed E-state index contributed by atoms with van der Waals surface area (Å²) in [6.07, 6.45) is 1.70. The molecule has 4 heteroatoms. The van der Waals surface area contributed by atoms with Crippen molar-refractivity contribution in [3.05, 3.63) is 29.1 Å². The number of rotatable bonds is 0. The number of hydrogen-bond donors (Lipinski definition) is 1. The Morgan fingerprint density at radius 1 is 1.25 bits per heavy atom. The Balaban J connectivity index is 0.000000561. The molecule has 0 saturated carbocycles. The predicted molar refractivity (Wildman–Crippen MR) is 66.1 cm³/mol. The molecule has 0 fully saturated rings. The first-order chi connectivity index (χ1) is 5.61. The van der Waals surface area contributed by atoms with Crippen LogP contribution in [0.25, 0.3) is 0 Å². The Kier molecular flexibility index (Phi) is 6.16. The van der Waals surface area contributed by atoms with Gasteiger partial charge in [-0.25, -0.2) is 0 Å². The highest BCUT2D eigenvalue weighted by Gasteiger charge is 2.07. The molecule has 1 aromatic rings. The second-order valence-corrected chi connectivity index (χ2v) is 2.63. The first-order valence-corrected chi connectivity index (χ1v) is 9.73. The van der Waals surface area contributed by atoms with Crippen LogP contribution in [-0.2, 0) is 0 Å². The molecule has 2 nitrogen and oxygen atoms in total. The van der Waals surface area contributed by atoms with Crippen LogP contribution in [0.5, 0.6) is 0 Å². The van der Waals surface area contributed by atoms with Gasteiger partial charge in [0.1, 0.15) is 0 Å². The monoisotopic (exact) mass is 392 g/mol. The van der Waals surface area contributed by atoms with Crippen LogP contribution in [0.1, 0.15) is 16.8 Å². The molecule has 0 bridgehead atoms. The van der Waals surface area contributed by atoms with Crippen molar-refractivity contribution in [1.82, 2.24) is 0 Å². The van der Waals surface area contributed by atoms with Gasteiger partial charge in [0, 0.05) is 60.0 Å². The molecule has 68 valence electrons. The average Bonchev–Trinajstić information content (AvgIpc) is 2.04. The lowest BCUT2D eigenvalue weighted by atomic mass is 10.2. The van der Waals surface area contributed by atoms with Gasteiger partial charge in [0.2, 0.25) is 11.9 Å². The van der Waals surface area contributed by atoms with Crippen molar-refractivity contribution in [2.24, 2.45) is 0 Å². The van der Waals surface area contributed by atoms with Crippen molar-refractivity contribution < 1.29 is 9.94 Å². The average molecular weight is 392 g/mol. The third-order valence-corrected chi connectivity index (χ3v) is 1.68. The molecule has 0 aromatic carbocycles. The summed E-state index contributed by atoms with van der Waals surface area (Å²) in [5.41, 5.74) is 3.08. The molecule has 0 aliphatic carbocycles. The van der Waals surface area contributed by atoms with E-state index in [0.717, 1.165) is 21.6 Å². The van der Waals surface area contributed by atoms with Crippen molar-refractivity contribution in [3.8, 4) is 0 Å². The zero-order valence-electron chi connectivity index (χ0n) is 7.31. The highest BCUT2D eigenvalue weighted by atomic mass is 128. The summed E-state index contributed by atoms with van der Waals surface area (Å²) < 4.78 is 1.16. The van der Waals surface area contributed by atoms with Crippen LogP contribution in [0.3, 0.4) is 0 Å². The zero-order valence-corrected chi connectivity index (χ0v) is 11.6. The molecule has 0 atom stereocenters. The summed E-state index contributed by atoms with van der Waals surface area (Å²) in [5.74, 6) is 0. The van der Waals surface area contributed by atoms with Gasteiger partial charge in [-0.2, -0.15) is 0 Å². The van der Waals surface area contributed by atoms with E-state index in [4.69, 9.17) is 0 Å². The van der Waals surface area contributed by atoms with Crippen LogP contribution in [0.15, 0.2) is 12.3 Å². The maximum absolute atomic E-state index is 9.20. The van der Waals surface area contributed by atoms with E-state index in [1.54, 1.807) is 6.20 Å². The van der Waals surface area contributed by atoms with Gasteiger partial charge < -0.3 is 0 Å². The number of aromatic nitrogens is 1. The Hall–Kier alpha value is 0.410. The van der Waals surface area contributed by atoms with Gasteiger partial charge in [0.25, 0.3) is 0 Å². The van der Waals surface area contributed by atoms with E-state index in [0.29, 0.717) is 0 Å². The lowest BCUT2D eigenvalue weighted by Gasteiger charge is -1.95. The van der Waals surface area contributed by atoms with E-state index in [2.05, 4.69) is 37.2 Å². The fourth-order valence-electron chi connectivity index (χ4n) is 0.954. The molecule has 0 aliphatic rings. The normalized spacial score (nSPS) is 8.75. The van der Waals surface area contributed by atoms with E-state index in [9.17, 15) is 5.21 Å². The summed E-state index contributed by atoms with van der Waals surface area (Å²) in [4.78, 5) is 0. The highest BCUT2D eigenvalue weighted by Crippen LogP contribution is 2.01. The van der Waals surface area contributed by atoms with Crippen LogP contribution in [0.2, 0.25) is 0 Å². The highest BCUT2D eigenvalue weighted by molar-refractivity contribution is 15.0. The second kappa shape index (κ2) is 5.95. The Morgan fingerprint density at radius 3 is 2.17 bits per heavy atom. The van der Waals surface area contributed by atoms with Gasteiger partial charge in [-0.15, -0.1) is 0 Å². The van der Waals surface area contributed by atoms with Crippen molar-refractivity contribution in [2.45, 2.75) is 20.8 Å². The van der Waals surface area contributed by atoms with Crippen molar-refractivity contribution >= 4 is 37.2 Å². The Labute approximate surface area is 96.3 Å². The standard InChI is InChI=1S/C8H12NO.I2/c1-6-4-7(2)8(3)9(10)5-6;1-2/h4-5,10H,1-3H3;/q+1;. The maximum Gasteiger partial charge on any atom is 0.233 e. The lowest BCUT2D eigenvalue weighted by molar-refractivity contribution is -0.909. The molecule has 12 heavy (non-hydrogen) atoms. The third kappa shape index (κ3) is 3.42. The largest absolute Gasteiger partial charge is 0.285 e. The molecule has 0 spiro atoms. The van der Waals surface area contributed by atoms with E-state index in [1.807, 2.05) is 26.8 Å². The van der Waals surface area contributed by atoms with E-state index in [1.165, 1.54) is 0 Å². The minimum absolute atomic E-state index is 0.894. The quantitative estimate of drug-likeness (QED) is 0.410. The SMILES string of the molecule is Cc1cc(C)c(C)[n+](O)c1.II. The van der Waals surface area contributed by atoms with Crippen molar-refractivity contribution in [1.29, 1.82) is 0 Å². The van der Waals surface area contributed by atoms with Crippen LogP contribution in [-0.4, -0.2) is 5.21 Å². The van der Waals surface area contributed by atoms with Crippen LogP contribution in [0.4, 0.5) is 0 Å². The molecule has 0 radical (unpaired) electrons. The molecule has 0 amide bonds. The Morgan fingerprint density at radius 2 is 1.75 bits per heavy atom. The minimum atomic E-state index is 0.894. The van der Waals surface area contributed by atoms with Crippen molar-refractivity contribution in [2.75, 3.05) is 0 Å². The van der Waals surface area contributed by atoms with Crippen LogP contribution < -0.4 is 4.73 Å².